The Balaban J connectivity index is 1.58. The maximum atomic E-state index is 12.1. The molecular formula is C18H16Cl2N2O5. The Bertz CT molecular complexity index is 967. The average molecular weight is 411 g/mol. The SMILES string of the molecule is Cc1cc(-c2nnc(COC(=O)[C@@H](C)Oc3ccc(Cl)cc3Cl)o2)c(C)o1. The minimum atomic E-state index is -0.884. The number of aromatic nitrogens is 2. The number of hydrogen-bond acceptors (Lipinski definition) is 7. The predicted molar refractivity (Wildman–Crippen MR) is 97.8 cm³/mol. The van der Waals surface area contributed by atoms with Gasteiger partial charge in [0, 0.05) is 5.02 Å². The van der Waals surface area contributed by atoms with E-state index in [9.17, 15) is 4.79 Å². The first-order chi connectivity index (χ1) is 12.8. The minimum absolute atomic E-state index is 0.160. The first-order valence-electron chi connectivity index (χ1n) is 8.01. The van der Waals surface area contributed by atoms with Crippen LogP contribution >= 0.6 is 23.2 Å². The first kappa shape index (κ1) is 19.3. The van der Waals surface area contributed by atoms with E-state index in [1.54, 1.807) is 32.0 Å². The highest BCUT2D eigenvalue weighted by Crippen LogP contribution is 2.28. The summed E-state index contributed by atoms with van der Waals surface area (Å²) in [6.07, 6.45) is -0.884. The van der Waals surface area contributed by atoms with Gasteiger partial charge in [-0.1, -0.05) is 23.2 Å². The van der Waals surface area contributed by atoms with Crippen molar-refractivity contribution in [2.75, 3.05) is 0 Å². The fourth-order valence-electron chi connectivity index (χ4n) is 2.32. The molecular weight excluding hydrogens is 395 g/mol. The third kappa shape index (κ3) is 4.61. The normalized spacial score (nSPS) is 12.0. The van der Waals surface area contributed by atoms with Crippen molar-refractivity contribution < 1.29 is 23.1 Å². The van der Waals surface area contributed by atoms with E-state index in [1.165, 1.54) is 6.07 Å². The lowest BCUT2D eigenvalue weighted by atomic mass is 10.2. The molecule has 0 bridgehead atoms. The highest BCUT2D eigenvalue weighted by Gasteiger charge is 2.20. The number of carbonyl (C=O) groups excluding carboxylic acids is 1. The van der Waals surface area contributed by atoms with E-state index in [2.05, 4.69) is 10.2 Å². The van der Waals surface area contributed by atoms with Gasteiger partial charge in [0.05, 0.1) is 10.6 Å². The number of aryl methyl sites for hydroxylation is 2. The Kier molecular flexibility index (Phi) is 5.72. The van der Waals surface area contributed by atoms with E-state index in [1.807, 2.05) is 6.92 Å². The summed E-state index contributed by atoms with van der Waals surface area (Å²) in [5.74, 6) is 1.59. The second kappa shape index (κ2) is 8.02. The number of benzene rings is 1. The molecule has 142 valence electrons. The highest BCUT2D eigenvalue weighted by atomic mass is 35.5. The van der Waals surface area contributed by atoms with E-state index in [4.69, 9.17) is 41.5 Å². The number of esters is 1. The molecule has 3 rings (SSSR count). The van der Waals surface area contributed by atoms with E-state index in [0.717, 1.165) is 5.76 Å². The van der Waals surface area contributed by atoms with Gasteiger partial charge in [-0.05, 0) is 45.0 Å². The Morgan fingerprint density at radius 1 is 1.19 bits per heavy atom. The molecule has 9 heteroatoms. The molecule has 0 radical (unpaired) electrons. The molecule has 0 saturated heterocycles. The van der Waals surface area contributed by atoms with Crippen LogP contribution in [0.15, 0.2) is 33.1 Å². The van der Waals surface area contributed by atoms with E-state index in [-0.39, 0.29) is 12.5 Å². The van der Waals surface area contributed by atoms with Gasteiger partial charge in [0.2, 0.25) is 0 Å². The molecule has 0 unspecified atom stereocenters. The molecule has 1 aromatic carbocycles. The van der Waals surface area contributed by atoms with Crippen molar-refractivity contribution >= 4 is 29.2 Å². The van der Waals surface area contributed by atoms with Crippen LogP contribution in [0.5, 0.6) is 5.75 Å². The topological polar surface area (TPSA) is 87.6 Å². The second-order valence-corrected chi connectivity index (χ2v) is 6.61. The zero-order valence-electron chi connectivity index (χ0n) is 14.8. The van der Waals surface area contributed by atoms with E-state index < -0.39 is 12.1 Å². The van der Waals surface area contributed by atoms with Crippen molar-refractivity contribution in [2.45, 2.75) is 33.5 Å². The molecule has 7 nitrogen and oxygen atoms in total. The predicted octanol–water partition coefficient (Wildman–Crippen LogP) is 4.76. The number of furan rings is 1. The Morgan fingerprint density at radius 2 is 1.96 bits per heavy atom. The van der Waals surface area contributed by atoms with Crippen LogP contribution in [0.25, 0.3) is 11.5 Å². The number of hydrogen-bond donors (Lipinski definition) is 0. The summed E-state index contributed by atoms with van der Waals surface area (Å²) in [6, 6.07) is 6.51. The molecule has 0 amide bonds. The molecule has 0 spiro atoms. The van der Waals surface area contributed by atoms with Crippen LogP contribution in [0, 0.1) is 13.8 Å². The lowest BCUT2D eigenvalue weighted by Crippen LogP contribution is -2.26. The summed E-state index contributed by atoms with van der Waals surface area (Å²) in [6.45, 7) is 4.99. The van der Waals surface area contributed by atoms with Crippen molar-refractivity contribution in [2.24, 2.45) is 0 Å². The standard InChI is InChI=1S/C18H16Cl2N2O5/c1-9-6-13(10(2)25-9)17-22-21-16(27-17)8-24-18(23)11(3)26-15-5-4-12(19)7-14(15)20/h4-7,11H,8H2,1-3H3/t11-/m1/s1. The average Bonchev–Trinajstić information content (AvgIpc) is 3.20. The van der Waals surface area contributed by atoms with E-state index >= 15 is 0 Å². The van der Waals surface area contributed by atoms with Gasteiger partial charge in [0.25, 0.3) is 11.8 Å². The third-order valence-electron chi connectivity index (χ3n) is 3.61. The summed E-state index contributed by atoms with van der Waals surface area (Å²) < 4.78 is 21.6. The van der Waals surface area contributed by atoms with Crippen molar-refractivity contribution in [1.29, 1.82) is 0 Å². The molecule has 2 aromatic heterocycles. The molecule has 0 fully saturated rings. The Hall–Kier alpha value is -2.51. The number of carbonyl (C=O) groups is 1. The maximum absolute atomic E-state index is 12.1. The first-order valence-corrected chi connectivity index (χ1v) is 8.77. The van der Waals surface area contributed by atoms with Crippen LogP contribution in [-0.4, -0.2) is 22.3 Å². The number of halogens is 2. The molecule has 0 aliphatic heterocycles. The van der Waals surface area contributed by atoms with Gasteiger partial charge in [0.1, 0.15) is 17.3 Å². The van der Waals surface area contributed by atoms with Gasteiger partial charge in [-0.15, -0.1) is 10.2 Å². The summed E-state index contributed by atoms with van der Waals surface area (Å²) in [5.41, 5.74) is 0.701. The maximum Gasteiger partial charge on any atom is 0.347 e. The summed E-state index contributed by atoms with van der Waals surface area (Å²) in [5, 5.41) is 8.58. The Morgan fingerprint density at radius 3 is 2.63 bits per heavy atom. The van der Waals surface area contributed by atoms with Crippen LogP contribution in [0.4, 0.5) is 0 Å². The minimum Gasteiger partial charge on any atom is -0.477 e. The fourth-order valence-corrected chi connectivity index (χ4v) is 2.78. The zero-order chi connectivity index (χ0) is 19.6. The Labute approximate surface area is 165 Å². The van der Waals surface area contributed by atoms with E-state index in [0.29, 0.717) is 33.0 Å². The van der Waals surface area contributed by atoms with Crippen molar-refractivity contribution in [3.8, 4) is 17.2 Å². The molecule has 27 heavy (non-hydrogen) atoms. The van der Waals surface area contributed by atoms with Gasteiger partial charge in [-0.2, -0.15) is 0 Å². The van der Waals surface area contributed by atoms with Crippen LogP contribution in [0.2, 0.25) is 10.0 Å². The monoisotopic (exact) mass is 410 g/mol. The number of nitrogens with zero attached hydrogens (tertiary/aromatic N) is 2. The fraction of sp³-hybridized carbons (Fsp3) is 0.278. The third-order valence-corrected chi connectivity index (χ3v) is 4.14. The molecule has 0 saturated carbocycles. The molecule has 1 atom stereocenters. The quantitative estimate of drug-likeness (QED) is 0.540. The van der Waals surface area contributed by atoms with Crippen molar-refractivity contribution in [1.82, 2.24) is 10.2 Å². The van der Waals surface area contributed by atoms with Crippen molar-refractivity contribution in [3.05, 3.63) is 51.7 Å². The van der Waals surface area contributed by atoms with Crippen LogP contribution in [-0.2, 0) is 16.1 Å². The van der Waals surface area contributed by atoms with Gasteiger partial charge in [0.15, 0.2) is 12.7 Å². The molecule has 2 heterocycles. The van der Waals surface area contributed by atoms with Crippen molar-refractivity contribution in [3.63, 3.8) is 0 Å². The molecule has 0 aliphatic carbocycles. The highest BCUT2D eigenvalue weighted by molar-refractivity contribution is 6.35. The molecule has 0 N–H and O–H groups in total. The largest absolute Gasteiger partial charge is 0.477 e. The van der Waals surface area contributed by atoms with Crippen LogP contribution in [0.3, 0.4) is 0 Å². The second-order valence-electron chi connectivity index (χ2n) is 5.77. The van der Waals surface area contributed by atoms with Gasteiger partial charge >= 0.3 is 5.97 Å². The smallest absolute Gasteiger partial charge is 0.347 e. The lowest BCUT2D eigenvalue weighted by Gasteiger charge is -2.14. The zero-order valence-corrected chi connectivity index (χ0v) is 16.3. The lowest BCUT2D eigenvalue weighted by molar-refractivity contribution is -0.153. The molecule has 0 aliphatic rings. The number of ether oxygens (including phenoxy) is 2. The van der Waals surface area contributed by atoms with Gasteiger partial charge in [-0.3, -0.25) is 0 Å². The van der Waals surface area contributed by atoms with Gasteiger partial charge < -0.3 is 18.3 Å². The summed E-state index contributed by atoms with van der Waals surface area (Å²) >= 11 is 11.9. The summed E-state index contributed by atoms with van der Waals surface area (Å²) in [4.78, 5) is 12.1. The van der Waals surface area contributed by atoms with Crippen LogP contribution < -0.4 is 4.74 Å². The summed E-state index contributed by atoms with van der Waals surface area (Å²) in [7, 11) is 0. The van der Waals surface area contributed by atoms with Gasteiger partial charge in [-0.25, -0.2) is 4.79 Å². The van der Waals surface area contributed by atoms with Crippen LogP contribution in [0.1, 0.15) is 24.3 Å². The number of rotatable bonds is 6. The molecule has 3 aromatic rings.